The molecule has 0 aromatic heterocycles. The van der Waals surface area contributed by atoms with Crippen LogP contribution in [0.15, 0.2) is 42.3 Å². The van der Waals surface area contributed by atoms with Crippen LogP contribution in [0.1, 0.15) is 31.7 Å². The van der Waals surface area contributed by atoms with Gasteiger partial charge < -0.3 is 0 Å². The summed E-state index contributed by atoms with van der Waals surface area (Å²) in [6.45, 7) is 9.30. The fourth-order valence-electron chi connectivity index (χ4n) is 3.13. The smallest absolute Gasteiger partial charge is 0.172 e. The number of nitrogens with zero attached hydrogens (tertiary/aromatic N) is 1. The summed E-state index contributed by atoms with van der Waals surface area (Å²) in [5.74, 6) is 0.608. The van der Waals surface area contributed by atoms with E-state index in [9.17, 15) is 8.42 Å². The molecule has 0 saturated carbocycles. The molecule has 1 aliphatic rings. The molecule has 2 rings (SSSR count). The number of hydrogen-bond acceptors (Lipinski definition) is 3. The van der Waals surface area contributed by atoms with Crippen LogP contribution < -0.4 is 0 Å². The van der Waals surface area contributed by atoms with Gasteiger partial charge in [0.15, 0.2) is 9.84 Å². The predicted octanol–water partition coefficient (Wildman–Crippen LogP) is 2.81. The van der Waals surface area contributed by atoms with E-state index in [4.69, 9.17) is 0 Å². The third kappa shape index (κ3) is 3.13. The first-order valence-electron chi connectivity index (χ1n) is 7.02. The first-order valence-corrected chi connectivity index (χ1v) is 8.73. The molecule has 1 saturated heterocycles. The molecular weight excluding hydrogens is 270 g/mol. The topological polar surface area (TPSA) is 37.4 Å². The second-order valence-electron chi connectivity index (χ2n) is 5.93. The Kier molecular flexibility index (Phi) is 4.35. The SMILES string of the molecule is C=CS(=O)(=O)CCN1CCC(c2ccccc2)C1(C)C. The van der Waals surface area contributed by atoms with E-state index in [1.165, 1.54) is 5.56 Å². The third-order valence-electron chi connectivity index (χ3n) is 4.46. The standard InChI is InChI=1S/C16H23NO2S/c1-4-20(18,19)13-12-17-11-10-15(16(17,2)3)14-8-6-5-7-9-14/h4-9,15H,1,10-13H2,2-3H3. The monoisotopic (exact) mass is 293 g/mol. The van der Waals surface area contributed by atoms with Crippen molar-refractivity contribution in [2.45, 2.75) is 31.7 Å². The van der Waals surface area contributed by atoms with Crippen LogP contribution >= 0.6 is 0 Å². The normalized spacial score (nSPS) is 22.8. The Hall–Kier alpha value is -1.13. The zero-order chi connectivity index (χ0) is 14.8. The summed E-state index contributed by atoms with van der Waals surface area (Å²) in [5, 5.41) is 1.06. The molecule has 110 valence electrons. The minimum atomic E-state index is -3.12. The summed E-state index contributed by atoms with van der Waals surface area (Å²) in [6.07, 6.45) is 1.07. The van der Waals surface area contributed by atoms with Crippen molar-refractivity contribution >= 4 is 9.84 Å². The highest BCUT2D eigenvalue weighted by atomic mass is 32.2. The molecule has 4 heteroatoms. The Labute approximate surface area is 122 Å². The summed E-state index contributed by atoms with van der Waals surface area (Å²) in [6, 6.07) is 10.5. The van der Waals surface area contributed by atoms with E-state index in [1.807, 2.05) is 6.07 Å². The first kappa shape index (κ1) is 15.3. The van der Waals surface area contributed by atoms with Crippen molar-refractivity contribution in [2.75, 3.05) is 18.8 Å². The van der Waals surface area contributed by atoms with E-state index in [0.29, 0.717) is 12.5 Å². The minimum absolute atomic E-state index is 0.0158. The van der Waals surface area contributed by atoms with Gasteiger partial charge in [-0.3, -0.25) is 4.90 Å². The molecule has 1 heterocycles. The van der Waals surface area contributed by atoms with E-state index < -0.39 is 9.84 Å². The molecular formula is C16H23NO2S. The maximum absolute atomic E-state index is 11.6. The Morgan fingerprint density at radius 3 is 2.60 bits per heavy atom. The van der Waals surface area contributed by atoms with Crippen molar-refractivity contribution in [3.63, 3.8) is 0 Å². The van der Waals surface area contributed by atoms with E-state index in [2.05, 4.69) is 49.6 Å². The average Bonchev–Trinajstić information content (AvgIpc) is 2.72. The molecule has 0 radical (unpaired) electrons. The van der Waals surface area contributed by atoms with Crippen LogP contribution in [0.5, 0.6) is 0 Å². The quantitative estimate of drug-likeness (QED) is 0.838. The molecule has 1 atom stereocenters. The minimum Gasteiger partial charge on any atom is -0.297 e. The van der Waals surface area contributed by atoms with Gasteiger partial charge in [0.25, 0.3) is 0 Å². The zero-order valence-corrected chi connectivity index (χ0v) is 13.1. The number of sulfone groups is 1. The second kappa shape index (κ2) is 5.70. The molecule has 3 nitrogen and oxygen atoms in total. The third-order valence-corrected chi connectivity index (χ3v) is 5.72. The molecule has 1 unspecified atom stereocenters. The van der Waals surface area contributed by atoms with Crippen LogP contribution in [0.4, 0.5) is 0 Å². The van der Waals surface area contributed by atoms with Crippen LogP contribution in [0.25, 0.3) is 0 Å². The number of rotatable bonds is 5. The lowest BCUT2D eigenvalue weighted by atomic mass is 9.83. The van der Waals surface area contributed by atoms with Crippen LogP contribution in [0.3, 0.4) is 0 Å². The van der Waals surface area contributed by atoms with Gasteiger partial charge in [-0.25, -0.2) is 8.42 Å². The lowest BCUT2D eigenvalue weighted by Crippen LogP contribution is -2.43. The molecule has 0 N–H and O–H groups in total. The highest BCUT2D eigenvalue weighted by molar-refractivity contribution is 7.94. The van der Waals surface area contributed by atoms with Gasteiger partial charge in [-0.1, -0.05) is 36.9 Å². The Balaban J connectivity index is 2.10. The van der Waals surface area contributed by atoms with Crippen molar-refractivity contribution in [1.29, 1.82) is 0 Å². The summed E-state index contributed by atoms with van der Waals surface area (Å²) in [4.78, 5) is 2.28. The molecule has 0 bridgehead atoms. The van der Waals surface area contributed by atoms with Gasteiger partial charge >= 0.3 is 0 Å². The van der Waals surface area contributed by atoms with Gasteiger partial charge in [0, 0.05) is 23.4 Å². The van der Waals surface area contributed by atoms with E-state index in [-0.39, 0.29) is 11.3 Å². The largest absolute Gasteiger partial charge is 0.297 e. The molecule has 0 spiro atoms. The van der Waals surface area contributed by atoms with E-state index in [0.717, 1.165) is 18.4 Å². The molecule has 1 aromatic carbocycles. The molecule has 0 aliphatic carbocycles. The van der Waals surface area contributed by atoms with Crippen molar-refractivity contribution in [1.82, 2.24) is 4.90 Å². The molecule has 1 aliphatic heterocycles. The summed E-state index contributed by atoms with van der Waals surface area (Å²) >= 11 is 0. The summed E-state index contributed by atoms with van der Waals surface area (Å²) in [7, 11) is -3.12. The fourth-order valence-corrected chi connectivity index (χ4v) is 3.77. The van der Waals surface area contributed by atoms with Crippen molar-refractivity contribution in [2.24, 2.45) is 0 Å². The van der Waals surface area contributed by atoms with Gasteiger partial charge in [0.05, 0.1) is 5.75 Å². The van der Waals surface area contributed by atoms with Crippen LogP contribution in [-0.4, -0.2) is 37.7 Å². The number of hydrogen-bond donors (Lipinski definition) is 0. The van der Waals surface area contributed by atoms with Crippen molar-refractivity contribution < 1.29 is 8.42 Å². The highest BCUT2D eigenvalue weighted by Gasteiger charge is 2.41. The predicted molar refractivity (Wildman–Crippen MR) is 83.4 cm³/mol. The average molecular weight is 293 g/mol. The van der Waals surface area contributed by atoms with Crippen molar-refractivity contribution in [3.05, 3.63) is 47.9 Å². The van der Waals surface area contributed by atoms with Gasteiger partial charge in [-0.2, -0.15) is 0 Å². The number of likely N-dealkylation sites (tertiary alicyclic amines) is 1. The highest BCUT2D eigenvalue weighted by Crippen LogP contribution is 2.41. The summed E-state index contributed by atoms with van der Waals surface area (Å²) < 4.78 is 23.1. The lowest BCUT2D eigenvalue weighted by molar-refractivity contribution is 0.171. The van der Waals surface area contributed by atoms with Gasteiger partial charge in [-0.05, 0) is 32.4 Å². The maximum Gasteiger partial charge on any atom is 0.172 e. The zero-order valence-electron chi connectivity index (χ0n) is 12.2. The Morgan fingerprint density at radius 2 is 2.00 bits per heavy atom. The molecule has 20 heavy (non-hydrogen) atoms. The van der Waals surface area contributed by atoms with Crippen LogP contribution in [-0.2, 0) is 9.84 Å². The van der Waals surface area contributed by atoms with Crippen molar-refractivity contribution in [3.8, 4) is 0 Å². The van der Waals surface area contributed by atoms with Gasteiger partial charge in [0.1, 0.15) is 0 Å². The van der Waals surface area contributed by atoms with E-state index >= 15 is 0 Å². The molecule has 0 amide bonds. The van der Waals surface area contributed by atoms with Crippen LogP contribution in [0.2, 0.25) is 0 Å². The first-order chi connectivity index (χ1) is 9.37. The second-order valence-corrected chi connectivity index (χ2v) is 7.99. The number of benzene rings is 1. The maximum atomic E-state index is 11.6. The van der Waals surface area contributed by atoms with Crippen LogP contribution in [0, 0.1) is 0 Å². The lowest BCUT2D eigenvalue weighted by Gasteiger charge is -2.36. The van der Waals surface area contributed by atoms with Gasteiger partial charge in [-0.15, -0.1) is 0 Å². The van der Waals surface area contributed by atoms with E-state index in [1.54, 1.807) is 0 Å². The Morgan fingerprint density at radius 1 is 1.35 bits per heavy atom. The molecule has 1 aromatic rings. The fraction of sp³-hybridized carbons (Fsp3) is 0.500. The van der Waals surface area contributed by atoms with Gasteiger partial charge in [0.2, 0.25) is 0 Å². The summed E-state index contributed by atoms with van der Waals surface area (Å²) in [5.41, 5.74) is 1.32. The molecule has 1 fully saturated rings. The Bertz CT molecular complexity index is 563.